The molecule has 8 heteroatoms. The van der Waals surface area contributed by atoms with Gasteiger partial charge in [-0.25, -0.2) is 0 Å². The average molecular weight is 434 g/mol. The van der Waals surface area contributed by atoms with Crippen LogP contribution in [0.4, 0.5) is 5.69 Å². The Kier molecular flexibility index (Phi) is 5.65. The molecule has 0 unspecified atom stereocenters. The number of carbonyl (C=O) groups excluding carboxylic acids is 1. The fourth-order valence-corrected chi connectivity index (χ4v) is 4.63. The summed E-state index contributed by atoms with van der Waals surface area (Å²) in [6, 6.07) is 7.89. The minimum atomic E-state index is -0.156. The Morgan fingerprint density at radius 3 is 2.78 bits per heavy atom. The fraction of sp³-hybridized carbons (Fsp3) is 0.500. The van der Waals surface area contributed by atoms with Gasteiger partial charge in [0.1, 0.15) is 0 Å². The number of anilines is 1. The van der Waals surface area contributed by atoms with Gasteiger partial charge >= 0.3 is 0 Å². The first-order valence-electron chi connectivity index (χ1n) is 11.5. The molecule has 32 heavy (non-hydrogen) atoms. The van der Waals surface area contributed by atoms with Gasteiger partial charge in [0.05, 0.1) is 11.6 Å². The molecule has 1 aliphatic heterocycles. The van der Waals surface area contributed by atoms with Crippen molar-refractivity contribution in [2.75, 3.05) is 31.5 Å². The van der Waals surface area contributed by atoms with Crippen LogP contribution in [0.1, 0.15) is 54.6 Å². The van der Waals surface area contributed by atoms with E-state index in [-0.39, 0.29) is 11.9 Å². The van der Waals surface area contributed by atoms with E-state index >= 15 is 0 Å². The highest BCUT2D eigenvalue weighted by Gasteiger charge is 2.35. The molecule has 168 valence electrons. The molecule has 1 saturated heterocycles. The van der Waals surface area contributed by atoms with Gasteiger partial charge in [-0.3, -0.25) is 24.0 Å². The maximum absolute atomic E-state index is 12.9. The van der Waals surface area contributed by atoms with E-state index in [9.17, 15) is 4.79 Å². The maximum atomic E-state index is 12.9. The van der Waals surface area contributed by atoms with Crippen molar-refractivity contribution in [3.63, 3.8) is 0 Å². The lowest BCUT2D eigenvalue weighted by atomic mass is 10.1. The van der Waals surface area contributed by atoms with Crippen molar-refractivity contribution in [2.45, 2.75) is 45.7 Å². The van der Waals surface area contributed by atoms with Crippen LogP contribution in [0.3, 0.4) is 0 Å². The number of nitrogens with one attached hydrogen (secondary N) is 1. The quantitative estimate of drug-likeness (QED) is 0.643. The van der Waals surface area contributed by atoms with Crippen molar-refractivity contribution in [1.29, 1.82) is 0 Å². The van der Waals surface area contributed by atoms with E-state index in [0.29, 0.717) is 11.6 Å². The SMILES string of the molecule is Cc1cc(NC(=O)c2ccc3nnc([C@@H]4CN(CC5CC5)CCN4C(C)C)n3c2)ccn1. The highest BCUT2D eigenvalue weighted by Crippen LogP contribution is 2.33. The first-order chi connectivity index (χ1) is 15.5. The number of aromatic nitrogens is 4. The summed E-state index contributed by atoms with van der Waals surface area (Å²) in [6.07, 6.45) is 6.28. The lowest BCUT2D eigenvalue weighted by Crippen LogP contribution is -2.51. The Bertz CT molecular complexity index is 1120. The summed E-state index contributed by atoms with van der Waals surface area (Å²) in [5.74, 6) is 1.61. The van der Waals surface area contributed by atoms with Crippen LogP contribution in [0.25, 0.3) is 5.65 Å². The molecule has 1 atom stereocenters. The third kappa shape index (κ3) is 4.38. The van der Waals surface area contributed by atoms with E-state index in [2.05, 4.69) is 44.1 Å². The molecule has 8 nitrogen and oxygen atoms in total. The number of fused-ring (bicyclic) bond motifs is 1. The van der Waals surface area contributed by atoms with Crippen LogP contribution in [0.2, 0.25) is 0 Å². The number of carbonyl (C=O) groups is 1. The second-order valence-corrected chi connectivity index (χ2v) is 9.39. The van der Waals surface area contributed by atoms with Crippen LogP contribution < -0.4 is 5.32 Å². The van der Waals surface area contributed by atoms with Crippen molar-refractivity contribution in [2.24, 2.45) is 5.92 Å². The summed E-state index contributed by atoms with van der Waals surface area (Å²) in [4.78, 5) is 22.2. The number of pyridine rings is 2. The van der Waals surface area contributed by atoms with Crippen molar-refractivity contribution in [3.8, 4) is 0 Å². The van der Waals surface area contributed by atoms with Crippen LogP contribution in [0.5, 0.6) is 0 Å². The minimum absolute atomic E-state index is 0.152. The minimum Gasteiger partial charge on any atom is -0.322 e. The van der Waals surface area contributed by atoms with Crippen LogP contribution in [0.15, 0.2) is 36.7 Å². The number of rotatable bonds is 6. The molecule has 0 spiro atoms. The fourth-order valence-electron chi connectivity index (χ4n) is 4.63. The second kappa shape index (κ2) is 8.60. The number of nitrogens with zero attached hydrogens (tertiary/aromatic N) is 6. The number of amides is 1. The zero-order chi connectivity index (χ0) is 22.2. The van der Waals surface area contributed by atoms with E-state index < -0.39 is 0 Å². The van der Waals surface area contributed by atoms with Crippen LogP contribution in [0, 0.1) is 12.8 Å². The van der Waals surface area contributed by atoms with Crippen molar-refractivity contribution < 1.29 is 4.79 Å². The molecule has 1 aliphatic carbocycles. The van der Waals surface area contributed by atoms with Crippen molar-refractivity contribution in [3.05, 3.63) is 53.7 Å². The summed E-state index contributed by atoms with van der Waals surface area (Å²) < 4.78 is 1.99. The smallest absolute Gasteiger partial charge is 0.257 e. The summed E-state index contributed by atoms with van der Waals surface area (Å²) in [6.45, 7) is 10.6. The predicted molar refractivity (Wildman–Crippen MR) is 124 cm³/mol. The zero-order valence-electron chi connectivity index (χ0n) is 19.0. The normalized spacial score (nSPS) is 20.2. The van der Waals surface area contributed by atoms with Gasteiger partial charge in [0.25, 0.3) is 5.91 Å². The average Bonchev–Trinajstić information content (AvgIpc) is 3.48. The Hall–Kier alpha value is -2.84. The summed E-state index contributed by atoms with van der Waals surface area (Å²) in [5.41, 5.74) is 2.94. The lowest BCUT2D eigenvalue weighted by molar-refractivity contribution is 0.0437. The first kappa shape index (κ1) is 21.0. The van der Waals surface area contributed by atoms with Gasteiger partial charge in [-0.05, 0) is 63.8 Å². The molecule has 0 bridgehead atoms. The number of piperazine rings is 1. The molecule has 1 N–H and O–H groups in total. The molecule has 2 fully saturated rings. The van der Waals surface area contributed by atoms with Gasteiger partial charge in [0.15, 0.2) is 11.5 Å². The molecule has 1 saturated carbocycles. The van der Waals surface area contributed by atoms with E-state index in [4.69, 9.17) is 0 Å². The Morgan fingerprint density at radius 2 is 2.03 bits per heavy atom. The van der Waals surface area contributed by atoms with E-state index in [0.717, 1.165) is 48.4 Å². The molecule has 2 aliphatic rings. The van der Waals surface area contributed by atoms with Gasteiger partial charge < -0.3 is 5.32 Å². The number of hydrogen-bond donors (Lipinski definition) is 1. The number of hydrogen-bond acceptors (Lipinski definition) is 6. The molecule has 3 aromatic heterocycles. The van der Waals surface area contributed by atoms with Crippen LogP contribution in [-0.2, 0) is 0 Å². The van der Waals surface area contributed by atoms with Gasteiger partial charge in [0.2, 0.25) is 0 Å². The Balaban J connectivity index is 1.43. The number of aryl methyl sites for hydroxylation is 1. The second-order valence-electron chi connectivity index (χ2n) is 9.39. The molecule has 5 rings (SSSR count). The Morgan fingerprint density at radius 1 is 1.19 bits per heavy atom. The van der Waals surface area contributed by atoms with E-state index in [1.807, 2.05) is 29.7 Å². The summed E-state index contributed by atoms with van der Waals surface area (Å²) in [7, 11) is 0. The molecule has 0 radical (unpaired) electrons. The van der Waals surface area contributed by atoms with Gasteiger partial charge in [-0.1, -0.05) is 0 Å². The molecule has 3 aromatic rings. The van der Waals surface area contributed by atoms with Crippen molar-refractivity contribution >= 4 is 17.2 Å². The maximum Gasteiger partial charge on any atom is 0.257 e. The summed E-state index contributed by atoms with van der Waals surface area (Å²) >= 11 is 0. The summed E-state index contributed by atoms with van der Waals surface area (Å²) in [5, 5.41) is 12.0. The predicted octanol–water partition coefficient (Wildman–Crippen LogP) is 3.16. The standard InChI is InChI=1S/C24H31N7O/c1-16(2)30-11-10-29(13-18-4-5-18)15-21(30)23-28-27-22-7-6-19(14-31(22)23)24(32)26-20-8-9-25-17(3)12-20/h6-9,12,14,16,18,21H,4-5,10-11,13,15H2,1-3H3,(H,25,26,32)/t21-/m0/s1. The van der Waals surface area contributed by atoms with Crippen LogP contribution in [-0.4, -0.2) is 67.5 Å². The van der Waals surface area contributed by atoms with Crippen LogP contribution >= 0.6 is 0 Å². The first-order valence-corrected chi connectivity index (χ1v) is 11.5. The molecular formula is C24H31N7O. The highest BCUT2D eigenvalue weighted by molar-refractivity contribution is 6.04. The van der Waals surface area contributed by atoms with Gasteiger partial charge in [0, 0.05) is 56.0 Å². The Labute approximate surface area is 188 Å². The largest absolute Gasteiger partial charge is 0.322 e. The zero-order valence-corrected chi connectivity index (χ0v) is 19.0. The monoisotopic (exact) mass is 433 g/mol. The third-order valence-corrected chi connectivity index (χ3v) is 6.53. The van der Waals surface area contributed by atoms with E-state index in [1.54, 1.807) is 18.3 Å². The molecule has 1 amide bonds. The molecular weight excluding hydrogens is 402 g/mol. The lowest BCUT2D eigenvalue weighted by Gasteiger charge is -2.42. The van der Waals surface area contributed by atoms with Gasteiger partial charge in [-0.2, -0.15) is 0 Å². The topological polar surface area (TPSA) is 78.7 Å². The van der Waals surface area contributed by atoms with Gasteiger partial charge in [-0.15, -0.1) is 10.2 Å². The third-order valence-electron chi connectivity index (χ3n) is 6.53. The van der Waals surface area contributed by atoms with E-state index in [1.165, 1.54) is 19.4 Å². The van der Waals surface area contributed by atoms with Crippen molar-refractivity contribution in [1.82, 2.24) is 29.4 Å². The molecule has 4 heterocycles. The molecule has 0 aromatic carbocycles. The highest BCUT2D eigenvalue weighted by atomic mass is 16.1.